The molecule has 36 heavy (non-hydrogen) atoms. The van der Waals surface area contributed by atoms with Gasteiger partial charge in [0.1, 0.15) is 24.0 Å². The summed E-state index contributed by atoms with van der Waals surface area (Å²) in [6, 6.07) is 7.86. The topological polar surface area (TPSA) is 158 Å². The molecule has 3 rings (SSSR count). The molecule has 3 N–H and O–H groups in total. The summed E-state index contributed by atoms with van der Waals surface area (Å²) in [5.41, 5.74) is -4.12. The molecule has 1 aliphatic heterocycles. The highest BCUT2D eigenvalue weighted by Gasteiger charge is 2.55. The van der Waals surface area contributed by atoms with Gasteiger partial charge in [0.15, 0.2) is 11.9 Å². The van der Waals surface area contributed by atoms with Gasteiger partial charge in [0.25, 0.3) is 5.56 Å². The molecule has 0 aliphatic carbocycles. The van der Waals surface area contributed by atoms with Crippen molar-refractivity contribution in [1.82, 2.24) is 14.6 Å². The molecule has 2 heterocycles. The van der Waals surface area contributed by atoms with E-state index in [1.54, 1.807) is 32.0 Å². The van der Waals surface area contributed by atoms with Gasteiger partial charge in [-0.2, -0.15) is 5.09 Å². The number of esters is 1. The molecule has 6 atom stereocenters. The maximum atomic E-state index is 15.4. The summed E-state index contributed by atoms with van der Waals surface area (Å²) in [5.74, 6) is -0.560. The fraction of sp³-hybridized carbons (Fsp3) is 0.500. The summed E-state index contributed by atoms with van der Waals surface area (Å²) < 4.78 is 51.4. The molecule has 14 heteroatoms. The molecule has 0 saturated carbocycles. The van der Waals surface area contributed by atoms with Crippen molar-refractivity contribution in [2.75, 3.05) is 6.61 Å². The quantitative estimate of drug-likeness (QED) is 0.305. The van der Waals surface area contributed by atoms with Gasteiger partial charge in [-0.25, -0.2) is 13.8 Å². The SMILES string of the molecule is CC(C)OC(=O)[C@H](C)N[P@](=O)(OC[C@H]1O[C@H](n2ccc(=O)[nH]c2=O)[C@](C)(F)[C@H]1O)Oc1ccccc1. The molecule has 0 spiro atoms. The second-order valence-corrected chi connectivity index (χ2v) is 10.4. The number of hydrogen-bond donors (Lipinski definition) is 3. The number of carbonyl (C=O) groups excluding carboxylic acids is 1. The molecule has 0 radical (unpaired) electrons. The number of para-hydroxylation sites is 1. The zero-order chi connectivity index (χ0) is 26.7. The van der Waals surface area contributed by atoms with Crippen LogP contribution in [0.1, 0.15) is 33.9 Å². The molecular formula is C22H29FN3O9P. The van der Waals surface area contributed by atoms with Crippen molar-refractivity contribution in [2.24, 2.45) is 0 Å². The van der Waals surface area contributed by atoms with Gasteiger partial charge in [-0.15, -0.1) is 0 Å². The number of rotatable bonds is 10. The summed E-state index contributed by atoms with van der Waals surface area (Å²) in [7, 11) is -4.30. The molecule has 2 aromatic rings. The fourth-order valence-corrected chi connectivity index (χ4v) is 4.97. The second-order valence-electron chi connectivity index (χ2n) is 8.67. The Morgan fingerprint density at radius 3 is 2.56 bits per heavy atom. The minimum Gasteiger partial charge on any atom is -0.462 e. The van der Waals surface area contributed by atoms with Crippen LogP contribution >= 0.6 is 7.75 Å². The maximum Gasteiger partial charge on any atom is 0.459 e. The molecule has 0 unspecified atom stereocenters. The predicted octanol–water partition coefficient (Wildman–Crippen LogP) is 1.66. The van der Waals surface area contributed by atoms with Gasteiger partial charge in [0, 0.05) is 12.3 Å². The van der Waals surface area contributed by atoms with Crippen LogP contribution in [0.3, 0.4) is 0 Å². The van der Waals surface area contributed by atoms with Gasteiger partial charge in [-0.3, -0.25) is 23.7 Å². The number of aliphatic hydroxyl groups excluding tert-OH is 1. The minimum absolute atomic E-state index is 0.152. The van der Waals surface area contributed by atoms with E-state index in [-0.39, 0.29) is 5.75 Å². The third-order valence-corrected chi connectivity index (χ3v) is 6.90. The van der Waals surface area contributed by atoms with Crippen LogP contribution in [0.5, 0.6) is 5.75 Å². The van der Waals surface area contributed by atoms with Gasteiger partial charge in [0.05, 0.1) is 12.7 Å². The van der Waals surface area contributed by atoms with E-state index < -0.39 is 67.8 Å². The van der Waals surface area contributed by atoms with Crippen LogP contribution in [0.15, 0.2) is 52.2 Å². The lowest BCUT2D eigenvalue weighted by atomic mass is 9.98. The number of ether oxygens (including phenoxy) is 2. The van der Waals surface area contributed by atoms with E-state index in [9.17, 15) is 24.1 Å². The number of benzene rings is 1. The van der Waals surface area contributed by atoms with E-state index in [2.05, 4.69) is 5.09 Å². The van der Waals surface area contributed by atoms with Crippen molar-refractivity contribution < 1.29 is 37.4 Å². The Morgan fingerprint density at radius 1 is 1.28 bits per heavy atom. The van der Waals surface area contributed by atoms with Crippen LogP contribution in [0.4, 0.5) is 4.39 Å². The molecule has 12 nitrogen and oxygen atoms in total. The number of hydrogen-bond acceptors (Lipinski definition) is 9. The lowest BCUT2D eigenvalue weighted by Crippen LogP contribution is -2.43. The van der Waals surface area contributed by atoms with Crippen LogP contribution in [-0.4, -0.2) is 57.3 Å². The third kappa shape index (κ3) is 6.48. The van der Waals surface area contributed by atoms with E-state index in [0.717, 1.165) is 23.8 Å². The molecule has 1 aliphatic rings. The monoisotopic (exact) mass is 529 g/mol. The van der Waals surface area contributed by atoms with Crippen molar-refractivity contribution in [3.8, 4) is 5.75 Å². The summed E-state index contributed by atoms with van der Waals surface area (Å²) in [6.45, 7) is 5.07. The van der Waals surface area contributed by atoms with Crippen molar-refractivity contribution >= 4 is 13.7 Å². The smallest absolute Gasteiger partial charge is 0.459 e. The highest BCUT2D eigenvalue weighted by atomic mass is 31.2. The first-order valence-corrected chi connectivity index (χ1v) is 12.7. The number of aromatic nitrogens is 2. The first-order valence-electron chi connectivity index (χ1n) is 11.1. The molecule has 1 saturated heterocycles. The van der Waals surface area contributed by atoms with E-state index >= 15 is 4.39 Å². The number of aromatic amines is 1. The average molecular weight is 529 g/mol. The molecular weight excluding hydrogens is 500 g/mol. The predicted molar refractivity (Wildman–Crippen MR) is 125 cm³/mol. The zero-order valence-electron chi connectivity index (χ0n) is 20.1. The number of nitrogens with zero attached hydrogens (tertiary/aromatic N) is 1. The Morgan fingerprint density at radius 2 is 1.94 bits per heavy atom. The third-order valence-electron chi connectivity index (χ3n) is 5.26. The molecule has 1 aromatic carbocycles. The standard InChI is InChI=1S/C22H29FN3O9P/c1-13(2)33-19(29)14(3)25-36(31,35-15-8-6-5-7-9-15)32-12-16-18(28)22(4,23)20(34-16)26-11-10-17(27)24-21(26)30/h5-11,13-14,16,18,20,28H,12H2,1-4H3,(H,25,31)(H,24,27,30)/t14-,16+,18-,20-,22+,36-/m0/s1. The molecule has 0 amide bonds. The van der Waals surface area contributed by atoms with Crippen LogP contribution in [0, 0.1) is 0 Å². The Bertz CT molecular complexity index is 1220. The first kappa shape index (κ1) is 27.8. The molecule has 198 valence electrons. The molecule has 1 fully saturated rings. The van der Waals surface area contributed by atoms with Gasteiger partial charge in [-0.05, 0) is 39.8 Å². The number of halogens is 1. The zero-order valence-corrected chi connectivity index (χ0v) is 21.0. The summed E-state index contributed by atoms with van der Waals surface area (Å²) in [5, 5.41) is 13.0. The lowest BCUT2D eigenvalue weighted by molar-refractivity contribution is -0.149. The number of H-pyrrole nitrogens is 1. The highest BCUT2D eigenvalue weighted by Crippen LogP contribution is 2.47. The van der Waals surface area contributed by atoms with Crippen molar-refractivity contribution in [3.63, 3.8) is 0 Å². The van der Waals surface area contributed by atoms with Gasteiger partial charge in [0.2, 0.25) is 0 Å². The minimum atomic E-state index is -4.30. The fourth-order valence-electron chi connectivity index (χ4n) is 3.47. The van der Waals surface area contributed by atoms with Crippen LogP contribution in [-0.2, 0) is 23.4 Å². The number of aliphatic hydroxyl groups is 1. The van der Waals surface area contributed by atoms with Crippen LogP contribution in [0.2, 0.25) is 0 Å². The lowest BCUT2D eigenvalue weighted by Gasteiger charge is -2.25. The molecule has 1 aromatic heterocycles. The largest absolute Gasteiger partial charge is 0.462 e. The average Bonchev–Trinajstić information content (AvgIpc) is 3.01. The van der Waals surface area contributed by atoms with Gasteiger partial charge < -0.3 is 19.1 Å². The normalized spacial score (nSPS) is 26.4. The Labute approximate surface area is 205 Å². The highest BCUT2D eigenvalue weighted by molar-refractivity contribution is 7.52. The number of carbonyl (C=O) groups is 1. The van der Waals surface area contributed by atoms with Crippen molar-refractivity contribution in [1.29, 1.82) is 0 Å². The Kier molecular flexibility index (Phi) is 8.52. The van der Waals surface area contributed by atoms with E-state index in [1.165, 1.54) is 19.1 Å². The van der Waals surface area contributed by atoms with Crippen LogP contribution in [0.25, 0.3) is 0 Å². The molecule has 0 bridgehead atoms. The van der Waals surface area contributed by atoms with Crippen molar-refractivity contribution in [3.05, 3.63) is 63.4 Å². The number of alkyl halides is 1. The summed E-state index contributed by atoms with van der Waals surface area (Å²) >= 11 is 0. The maximum absolute atomic E-state index is 15.4. The first-order chi connectivity index (χ1) is 16.8. The Hall–Kier alpha value is -2.83. The van der Waals surface area contributed by atoms with Crippen molar-refractivity contribution in [2.45, 2.75) is 63.9 Å². The van der Waals surface area contributed by atoms with E-state index in [0.29, 0.717) is 0 Å². The van der Waals surface area contributed by atoms with Gasteiger partial charge in [-0.1, -0.05) is 18.2 Å². The number of nitrogens with one attached hydrogen (secondary N) is 2. The van der Waals surface area contributed by atoms with Crippen LogP contribution < -0.4 is 20.9 Å². The summed E-state index contributed by atoms with van der Waals surface area (Å²) in [6.07, 6.45) is -4.21. The summed E-state index contributed by atoms with van der Waals surface area (Å²) in [4.78, 5) is 37.7. The second kappa shape index (κ2) is 11.1. The Balaban J connectivity index is 1.80. The van der Waals surface area contributed by atoms with E-state index in [1.807, 2.05) is 4.98 Å². The van der Waals surface area contributed by atoms with E-state index in [4.69, 9.17) is 18.5 Å². The van der Waals surface area contributed by atoms with Gasteiger partial charge >= 0.3 is 19.4 Å².